The molecule has 1 aromatic rings. The molecule has 0 unspecified atom stereocenters. The summed E-state index contributed by atoms with van der Waals surface area (Å²) in [6, 6.07) is 3.91. The van der Waals surface area contributed by atoms with Gasteiger partial charge in [-0.1, -0.05) is 0 Å². The van der Waals surface area contributed by atoms with Gasteiger partial charge >= 0.3 is 0 Å². The van der Waals surface area contributed by atoms with Crippen LogP contribution in [0.4, 0.5) is 0 Å². The number of primary amides is 1. The smallest absolute Gasteiger partial charge is 0.217 e. The van der Waals surface area contributed by atoms with Gasteiger partial charge < -0.3 is 15.5 Å². The molecule has 0 aliphatic heterocycles. The van der Waals surface area contributed by atoms with E-state index in [4.69, 9.17) is 10.2 Å². The Bertz CT molecular complexity index is 307. The van der Waals surface area contributed by atoms with Gasteiger partial charge in [0.2, 0.25) is 5.91 Å². The van der Waals surface area contributed by atoms with Crippen LogP contribution in [0.25, 0.3) is 0 Å². The van der Waals surface area contributed by atoms with Crippen molar-refractivity contribution in [2.75, 3.05) is 6.54 Å². The highest BCUT2D eigenvalue weighted by atomic mass is 16.3. The molecule has 4 nitrogen and oxygen atoms in total. The molecule has 0 radical (unpaired) electrons. The maximum absolute atomic E-state index is 10.4. The van der Waals surface area contributed by atoms with Crippen LogP contribution >= 0.6 is 0 Å². The van der Waals surface area contributed by atoms with Crippen molar-refractivity contribution in [2.45, 2.75) is 32.7 Å². The molecule has 3 N–H and O–H groups in total. The lowest BCUT2D eigenvalue weighted by molar-refractivity contribution is -0.118. The van der Waals surface area contributed by atoms with Gasteiger partial charge in [0.05, 0.1) is 6.54 Å². The van der Waals surface area contributed by atoms with Crippen LogP contribution in [0.3, 0.4) is 0 Å². The highest BCUT2D eigenvalue weighted by molar-refractivity contribution is 5.73. The molecule has 0 aliphatic rings. The van der Waals surface area contributed by atoms with Crippen LogP contribution in [0.2, 0.25) is 0 Å². The SMILES string of the molecule is Cc1ccc(CNCCCCC(N)=O)o1. The van der Waals surface area contributed by atoms with E-state index in [1.54, 1.807) is 0 Å². The lowest BCUT2D eigenvalue weighted by Gasteiger charge is -2.01. The molecule has 0 spiro atoms. The molecule has 0 aromatic carbocycles. The van der Waals surface area contributed by atoms with Gasteiger partial charge in [-0.15, -0.1) is 0 Å². The zero-order chi connectivity index (χ0) is 11.1. The van der Waals surface area contributed by atoms with Crippen molar-refractivity contribution in [3.05, 3.63) is 23.7 Å². The van der Waals surface area contributed by atoms with Gasteiger partial charge in [0.15, 0.2) is 0 Å². The number of rotatable bonds is 7. The second-order valence-corrected chi connectivity index (χ2v) is 3.61. The monoisotopic (exact) mass is 210 g/mol. The predicted molar refractivity (Wildman–Crippen MR) is 58.2 cm³/mol. The Morgan fingerprint density at radius 1 is 1.47 bits per heavy atom. The zero-order valence-electron chi connectivity index (χ0n) is 9.08. The summed E-state index contributed by atoms with van der Waals surface area (Å²) in [7, 11) is 0. The average molecular weight is 210 g/mol. The van der Waals surface area contributed by atoms with Crippen LogP contribution < -0.4 is 11.1 Å². The standard InChI is InChI=1S/C11H18N2O2/c1-9-5-6-10(15-9)8-13-7-3-2-4-11(12)14/h5-6,13H,2-4,7-8H2,1H3,(H2,12,14). The minimum Gasteiger partial charge on any atom is -0.465 e. The van der Waals surface area contributed by atoms with E-state index in [1.165, 1.54) is 0 Å². The summed E-state index contributed by atoms with van der Waals surface area (Å²) in [5.41, 5.74) is 5.03. The number of unbranched alkanes of at least 4 members (excludes halogenated alkanes) is 1. The van der Waals surface area contributed by atoms with Crippen LogP contribution in [0.15, 0.2) is 16.5 Å². The predicted octanol–water partition coefficient (Wildman–Crippen LogP) is 1.33. The first-order valence-corrected chi connectivity index (χ1v) is 5.23. The third-order valence-corrected chi connectivity index (χ3v) is 2.12. The van der Waals surface area contributed by atoms with Gasteiger partial charge in [0.1, 0.15) is 11.5 Å². The maximum atomic E-state index is 10.4. The van der Waals surface area contributed by atoms with E-state index in [2.05, 4.69) is 5.32 Å². The van der Waals surface area contributed by atoms with E-state index in [0.717, 1.165) is 37.5 Å². The van der Waals surface area contributed by atoms with Gasteiger partial charge in [-0.25, -0.2) is 0 Å². The third-order valence-electron chi connectivity index (χ3n) is 2.12. The largest absolute Gasteiger partial charge is 0.465 e. The normalized spacial score (nSPS) is 10.5. The molecule has 4 heteroatoms. The average Bonchev–Trinajstić information content (AvgIpc) is 2.57. The summed E-state index contributed by atoms with van der Waals surface area (Å²) >= 11 is 0. The molecule has 1 heterocycles. The Balaban J connectivity index is 2.00. The number of nitrogens with one attached hydrogen (secondary N) is 1. The Labute approximate surface area is 89.8 Å². The van der Waals surface area contributed by atoms with Crippen LogP contribution in [-0.4, -0.2) is 12.5 Å². The van der Waals surface area contributed by atoms with Crippen LogP contribution in [0, 0.1) is 6.92 Å². The van der Waals surface area contributed by atoms with Crippen molar-refractivity contribution in [1.29, 1.82) is 0 Å². The summed E-state index contributed by atoms with van der Waals surface area (Å²) in [5, 5.41) is 3.24. The van der Waals surface area contributed by atoms with Crippen molar-refractivity contribution >= 4 is 5.91 Å². The van der Waals surface area contributed by atoms with Crippen LogP contribution in [-0.2, 0) is 11.3 Å². The molecule has 0 fully saturated rings. The molecule has 0 saturated carbocycles. The molecule has 0 bridgehead atoms. The second kappa shape index (κ2) is 6.24. The highest BCUT2D eigenvalue weighted by Gasteiger charge is 1.98. The van der Waals surface area contributed by atoms with Crippen molar-refractivity contribution in [2.24, 2.45) is 5.73 Å². The number of carbonyl (C=O) groups is 1. The molecule has 15 heavy (non-hydrogen) atoms. The molecule has 1 amide bonds. The first kappa shape index (κ1) is 11.8. The number of hydrogen-bond donors (Lipinski definition) is 2. The lowest BCUT2D eigenvalue weighted by atomic mass is 10.2. The molecule has 0 atom stereocenters. The molecule has 84 valence electrons. The first-order valence-electron chi connectivity index (χ1n) is 5.23. The van der Waals surface area contributed by atoms with Gasteiger partial charge in [-0.05, 0) is 38.4 Å². The molecular weight excluding hydrogens is 192 g/mol. The quantitative estimate of drug-likeness (QED) is 0.667. The second-order valence-electron chi connectivity index (χ2n) is 3.61. The molecule has 0 aliphatic carbocycles. The molecular formula is C11H18N2O2. The minimum absolute atomic E-state index is 0.225. The van der Waals surface area contributed by atoms with Crippen molar-refractivity contribution < 1.29 is 9.21 Å². The third kappa shape index (κ3) is 5.22. The highest BCUT2D eigenvalue weighted by Crippen LogP contribution is 2.05. The van der Waals surface area contributed by atoms with Crippen molar-refractivity contribution in [3.8, 4) is 0 Å². The number of hydrogen-bond acceptors (Lipinski definition) is 3. The molecule has 1 aromatic heterocycles. The fraction of sp³-hybridized carbons (Fsp3) is 0.545. The van der Waals surface area contributed by atoms with Crippen LogP contribution in [0.5, 0.6) is 0 Å². The van der Waals surface area contributed by atoms with E-state index in [9.17, 15) is 4.79 Å². The Kier molecular flexibility index (Phi) is 4.90. The van der Waals surface area contributed by atoms with Crippen molar-refractivity contribution in [3.63, 3.8) is 0 Å². The Hall–Kier alpha value is -1.29. The van der Waals surface area contributed by atoms with E-state index in [-0.39, 0.29) is 5.91 Å². The van der Waals surface area contributed by atoms with Gasteiger partial charge in [-0.3, -0.25) is 4.79 Å². The van der Waals surface area contributed by atoms with Gasteiger partial charge in [0, 0.05) is 6.42 Å². The van der Waals surface area contributed by atoms with E-state index >= 15 is 0 Å². The summed E-state index contributed by atoms with van der Waals surface area (Å²) in [6.07, 6.45) is 2.28. The van der Waals surface area contributed by atoms with E-state index in [0.29, 0.717) is 6.42 Å². The number of aryl methyl sites for hydroxylation is 1. The number of nitrogens with two attached hydrogens (primary N) is 1. The molecule has 1 rings (SSSR count). The fourth-order valence-corrected chi connectivity index (χ4v) is 1.34. The van der Waals surface area contributed by atoms with Gasteiger partial charge in [0.25, 0.3) is 0 Å². The Morgan fingerprint density at radius 2 is 2.27 bits per heavy atom. The number of amides is 1. The minimum atomic E-state index is -0.225. The topological polar surface area (TPSA) is 68.3 Å². The number of furan rings is 1. The fourth-order valence-electron chi connectivity index (χ4n) is 1.34. The van der Waals surface area contributed by atoms with E-state index < -0.39 is 0 Å². The number of carbonyl (C=O) groups excluding carboxylic acids is 1. The van der Waals surface area contributed by atoms with Crippen LogP contribution in [0.1, 0.15) is 30.8 Å². The summed E-state index contributed by atoms with van der Waals surface area (Å²) in [4.78, 5) is 10.4. The molecule has 0 saturated heterocycles. The first-order chi connectivity index (χ1) is 7.18. The zero-order valence-corrected chi connectivity index (χ0v) is 9.08. The Morgan fingerprint density at radius 3 is 2.87 bits per heavy atom. The maximum Gasteiger partial charge on any atom is 0.217 e. The van der Waals surface area contributed by atoms with Crippen molar-refractivity contribution in [1.82, 2.24) is 5.32 Å². The van der Waals surface area contributed by atoms with Gasteiger partial charge in [-0.2, -0.15) is 0 Å². The summed E-state index contributed by atoms with van der Waals surface area (Å²) in [6.45, 7) is 3.55. The lowest BCUT2D eigenvalue weighted by Crippen LogP contribution is -2.15. The summed E-state index contributed by atoms with van der Waals surface area (Å²) in [5.74, 6) is 1.65. The summed E-state index contributed by atoms with van der Waals surface area (Å²) < 4.78 is 5.39. The van der Waals surface area contributed by atoms with E-state index in [1.807, 2.05) is 19.1 Å².